The van der Waals surface area contributed by atoms with Crippen LogP contribution in [0.3, 0.4) is 0 Å². The fourth-order valence-corrected chi connectivity index (χ4v) is 1.71. The topological polar surface area (TPSA) is 63.0 Å². The van der Waals surface area contributed by atoms with E-state index in [0.29, 0.717) is 25.2 Å². The first-order chi connectivity index (χ1) is 9.19. The highest BCUT2D eigenvalue weighted by Gasteiger charge is 2.04. The monoisotopic (exact) mass is 264 g/mol. The zero-order chi connectivity index (χ0) is 13.7. The van der Waals surface area contributed by atoms with E-state index in [1.165, 1.54) is 6.07 Å². The highest BCUT2D eigenvalue weighted by atomic mass is 19.1. The summed E-state index contributed by atoms with van der Waals surface area (Å²) < 4.78 is 15.3. The van der Waals surface area contributed by atoms with Gasteiger partial charge >= 0.3 is 0 Å². The number of nitrogens with one attached hydrogen (secondary N) is 1. The molecule has 0 spiro atoms. The van der Waals surface area contributed by atoms with Gasteiger partial charge in [-0.05, 0) is 31.0 Å². The lowest BCUT2D eigenvalue weighted by atomic mass is 10.2. The molecule has 0 aliphatic rings. The molecule has 5 nitrogen and oxygen atoms in total. The fourth-order valence-electron chi connectivity index (χ4n) is 1.71. The van der Waals surface area contributed by atoms with E-state index in [4.69, 9.17) is 5.11 Å². The zero-order valence-corrected chi connectivity index (χ0v) is 10.8. The Bertz CT molecular complexity index is 541. The number of nitrogens with zero attached hydrogens (tertiary/aromatic N) is 3. The first kappa shape index (κ1) is 13.5. The molecule has 0 saturated heterocycles. The Hall–Kier alpha value is -1.95. The van der Waals surface area contributed by atoms with Crippen LogP contribution in [0.1, 0.15) is 17.7 Å². The Balaban J connectivity index is 1.92. The number of hydrogen-bond acceptors (Lipinski definition) is 4. The predicted molar refractivity (Wildman–Crippen MR) is 70.2 cm³/mol. The third kappa shape index (κ3) is 3.75. The van der Waals surface area contributed by atoms with Crippen LogP contribution >= 0.6 is 0 Å². The van der Waals surface area contributed by atoms with Gasteiger partial charge in [0.05, 0.1) is 18.4 Å². The van der Waals surface area contributed by atoms with Crippen LogP contribution in [0.4, 0.5) is 10.1 Å². The molecule has 6 heteroatoms. The SMILES string of the molecule is Cc1ccc(NCc2cn(CCCO)nn2)c(F)c1. The van der Waals surface area contributed by atoms with Crippen LogP contribution in [-0.4, -0.2) is 26.7 Å². The van der Waals surface area contributed by atoms with E-state index in [1.54, 1.807) is 16.9 Å². The van der Waals surface area contributed by atoms with E-state index >= 15 is 0 Å². The van der Waals surface area contributed by atoms with Gasteiger partial charge in [-0.25, -0.2) is 4.39 Å². The lowest BCUT2D eigenvalue weighted by molar-refractivity contribution is 0.276. The molecule has 0 atom stereocenters. The molecule has 2 rings (SSSR count). The van der Waals surface area contributed by atoms with Gasteiger partial charge in [-0.15, -0.1) is 5.10 Å². The molecule has 2 N–H and O–H groups in total. The summed E-state index contributed by atoms with van der Waals surface area (Å²) in [6.45, 7) is 3.02. The van der Waals surface area contributed by atoms with Crippen LogP contribution in [0, 0.1) is 12.7 Å². The molecular formula is C13H17FN4O. The molecule has 0 amide bonds. The Morgan fingerprint density at radius 2 is 2.26 bits per heavy atom. The third-order valence-corrected chi connectivity index (χ3v) is 2.72. The molecule has 19 heavy (non-hydrogen) atoms. The van der Waals surface area contributed by atoms with Crippen molar-refractivity contribution in [2.45, 2.75) is 26.4 Å². The van der Waals surface area contributed by atoms with E-state index in [-0.39, 0.29) is 12.4 Å². The van der Waals surface area contributed by atoms with Crippen LogP contribution in [0.5, 0.6) is 0 Å². The van der Waals surface area contributed by atoms with Crippen LogP contribution in [-0.2, 0) is 13.1 Å². The van der Waals surface area contributed by atoms with Gasteiger partial charge in [-0.1, -0.05) is 11.3 Å². The van der Waals surface area contributed by atoms with E-state index in [1.807, 2.05) is 13.0 Å². The molecule has 1 heterocycles. The molecule has 0 aliphatic heterocycles. The second-order valence-electron chi connectivity index (χ2n) is 4.39. The summed E-state index contributed by atoms with van der Waals surface area (Å²) in [6, 6.07) is 5.05. The van der Waals surface area contributed by atoms with Crippen LogP contribution in [0.15, 0.2) is 24.4 Å². The first-order valence-corrected chi connectivity index (χ1v) is 6.19. The maximum Gasteiger partial charge on any atom is 0.146 e. The maximum absolute atomic E-state index is 13.6. The van der Waals surface area contributed by atoms with Gasteiger partial charge in [-0.3, -0.25) is 4.68 Å². The van der Waals surface area contributed by atoms with Crippen molar-refractivity contribution in [1.82, 2.24) is 15.0 Å². The lowest BCUT2D eigenvalue weighted by Gasteiger charge is -2.05. The quantitative estimate of drug-likeness (QED) is 0.834. The number of benzene rings is 1. The minimum atomic E-state index is -0.271. The average molecular weight is 264 g/mol. The van der Waals surface area contributed by atoms with Crippen molar-refractivity contribution in [1.29, 1.82) is 0 Å². The summed E-state index contributed by atoms with van der Waals surface area (Å²) in [5, 5.41) is 19.6. The number of aliphatic hydroxyl groups is 1. The summed E-state index contributed by atoms with van der Waals surface area (Å²) in [4.78, 5) is 0. The van der Waals surface area contributed by atoms with E-state index in [0.717, 1.165) is 11.3 Å². The highest BCUT2D eigenvalue weighted by Crippen LogP contribution is 2.15. The van der Waals surface area contributed by atoms with Crippen molar-refractivity contribution in [3.8, 4) is 0 Å². The average Bonchev–Trinajstić information content (AvgIpc) is 2.83. The van der Waals surface area contributed by atoms with Gasteiger partial charge in [0.25, 0.3) is 0 Å². The standard InChI is InChI=1S/C13H17FN4O/c1-10-3-4-13(12(14)7-10)15-8-11-9-18(17-16-11)5-2-6-19/h3-4,7,9,15,19H,2,5-6,8H2,1H3. The Kier molecular flexibility index (Phi) is 4.46. The van der Waals surface area contributed by atoms with E-state index < -0.39 is 0 Å². The Morgan fingerprint density at radius 3 is 3.00 bits per heavy atom. The maximum atomic E-state index is 13.6. The predicted octanol–water partition coefficient (Wildman–Crippen LogP) is 1.72. The lowest BCUT2D eigenvalue weighted by Crippen LogP contribution is -2.02. The van der Waals surface area contributed by atoms with Crippen molar-refractivity contribution in [3.05, 3.63) is 41.5 Å². The van der Waals surface area contributed by atoms with Gasteiger partial charge in [0.15, 0.2) is 0 Å². The van der Waals surface area contributed by atoms with Crippen molar-refractivity contribution < 1.29 is 9.50 Å². The number of aromatic nitrogens is 3. The van der Waals surface area contributed by atoms with Crippen molar-refractivity contribution in [2.75, 3.05) is 11.9 Å². The number of rotatable bonds is 6. The number of anilines is 1. The van der Waals surface area contributed by atoms with Crippen molar-refractivity contribution in [2.24, 2.45) is 0 Å². The van der Waals surface area contributed by atoms with Gasteiger partial charge in [0.1, 0.15) is 11.5 Å². The largest absolute Gasteiger partial charge is 0.396 e. The number of hydrogen-bond donors (Lipinski definition) is 2. The van der Waals surface area contributed by atoms with Crippen molar-refractivity contribution in [3.63, 3.8) is 0 Å². The molecule has 2 aromatic rings. The summed E-state index contributed by atoms with van der Waals surface area (Å²) in [5.41, 5.74) is 2.08. The summed E-state index contributed by atoms with van der Waals surface area (Å²) in [7, 11) is 0. The van der Waals surface area contributed by atoms with Crippen LogP contribution in [0.2, 0.25) is 0 Å². The zero-order valence-electron chi connectivity index (χ0n) is 10.8. The number of aliphatic hydroxyl groups excluding tert-OH is 1. The smallest absolute Gasteiger partial charge is 0.146 e. The summed E-state index contributed by atoms with van der Waals surface area (Å²) in [5.74, 6) is -0.271. The molecule has 0 saturated carbocycles. The van der Waals surface area contributed by atoms with Crippen molar-refractivity contribution >= 4 is 5.69 Å². The Labute approximate surface area is 111 Å². The number of aryl methyl sites for hydroxylation is 2. The molecule has 0 fully saturated rings. The highest BCUT2D eigenvalue weighted by molar-refractivity contribution is 5.46. The Morgan fingerprint density at radius 1 is 1.42 bits per heavy atom. The van der Waals surface area contributed by atoms with Crippen LogP contribution in [0.25, 0.3) is 0 Å². The molecule has 1 aromatic heterocycles. The molecular weight excluding hydrogens is 247 g/mol. The fraction of sp³-hybridized carbons (Fsp3) is 0.385. The second kappa shape index (κ2) is 6.29. The minimum absolute atomic E-state index is 0.127. The molecule has 0 radical (unpaired) electrons. The van der Waals surface area contributed by atoms with Gasteiger partial charge < -0.3 is 10.4 Å². The summed E-state index contributed by atoms with van der Waals surface area (Å²) >= 11 is 0. The molecule has 0 unspecified atom stereocenters. The molecule has 1 aromatic carbocycles. The second-order valence-corrected chi connectivity index (χ2v) is 4.39. The van der Waals surface area contributed by atoms with E-state index in [9.17, 15) is 4.39 Å². The molecule has 0 bridgehead atoms. The molecule has 0 aliphatic carbocycles. The van der Waals surface area contributed by atoms with Crippen LogP contribution < -0.4 is 5.32 Å². The van der Waals surface area contributed by atoms with Gasteiger partial charge in [-0.2, -0.15) is 0 Å². The van der Waals surface area contributed by atoms with E-state index in [2.05, 4.69) is 15.6 Å². The molecule has 102 valence electrons. The van der Waals surface area contributed by atoms with Gasteiger partial charge in [0, 0.05) is 13.2 Å². The minimum Gasteiger partial charge on any atom is -0.396 e. The first-order valence-electron chi connectivity index (χ1n) is 6.19. The van der Waals surface area contributed by atoms with Gasteiger partial charge in [0.2, 0.25) is 0 Å². The normalized spacial score (nSPS) is 10.7. The number of halogens is 1. The summed E-state index contributed by atoms with van der Waals surface area (Å²) in [6.07, 6.45) is 2.43. The third-order valence-electron chi connectivity index (χ3n) is 2.72.